The quantitative estimate of drug-likeness (QED) is 0.594. The minimum absolute atomic E-state index is 0.0739. The molecule has 1 amide bonds. The Labute approximate surface area is 98.1 Å². The zero-order chi connectivity index (χ0) is 12.4. The van der Waals surface area contributed by atoms with Gasteiger partial charge in [-0.3, -0.25) is 4.79 Å². The van der Waals surface area contributed by atoms with E-state index in [1.54, 1.807) is 7.11 Å². The van der Waals surface area contributed by atoms with Gasteiger partial charge in [-0.1, -0.05) is 19.3 Å². The highest BCUT2D eigenvalue weighted by Gasteiger charge is 2.16. The average molecular weight is 226 g/mol. The van der Waals surface area contributed by atoms with Crippen molar-refractivity contribution in [2.24, 2.45) is 0 Å². The van der Waals surface area contributed by atoms with Crippen molar-refractivity contribution in [1.29, 1.82) is 0 Å². The van der Waals surface area contributed by atoms with E-state index in [1.807, 2.05) is 6.92 Å². The second-order valence-corrected chi connectivity index (χ2v) is 3.75. The molecule has 0 rings (SSSR count). The molecular formula is C12H22N2O2. The molecule has 0 aromatic rings. The Balaban J connectivity index is 4.01. The monoisotopic (exact) mass is 226 g/mol. The van der Waals surface area contributed by atoms with Gasteiger partial charge in [-0.15, -0.1) is 6.42 Å². The predicted octanol–water partition coefficient (Wildman–Crippen LogP) is 0.529. The lowest BCUT2D eigenvalue weighted by molar-refractivity contribution is -0.122. The number of methoxy groups -OCH3 is 1. The maximum absolute atomic E-state index is 11.5. The van der Waals surface area contributed by atoms with Crippen LogP contribution in [0.5, 0.6) is 0 Å². The van der Waals surface area contributed by atoms with Gasteiger partial charge in [0.15, 0.2) is 0 Å². The molecular weight excluding hydrogens is 204 g/mol. The number of hydrogen-bond acceptors (Lipinski definition) is 3. The highest BCUT2D eigenvalue weighted by molar-refractivity contribution is 5.81. The Morgan fingerprint density at radius 1 is 1.56 bits per heavy atom. The van der Waals surface area contributed by atoms with Crippen LogP contribution in [0.4, 0.5) is 0 Å². The van der Waals surface area contributed by atoms with E-state index >= 15 is 0 Å². The highest BCUT2D eigenvalue weighted by atomic mass is 16.5. The van der Waals surface area contributed by atoms with Gasteiger partial charge in [0.05, 0.1) is 19.2 Å². The number of nitrogens with one attached hydrogen (secondary N) is 2. The van der Waals surface area contributed by atoms with Gasteiger partial charge in [0, 0.05) is 13.2 Å². The lowest BCUT2D eigenvalue weighted by Gasteiger charge is -2.21. The SMILES string of the molecule is C#CCNC(=O)C(C)NC(CCC)COC. The van der Waals surface area contributed by atoms with Crippen molar-refractivity contribution in [2.75, 3.05) is 20.3 Å². The zero-order valence-corrected chi connectivity index (χ0v) is 10.4. The second-order valence-electron chi connectivity index (χ2n) is 3.75. The summed E-state index contributed by atoms with van der Waals surface area (Å²) >= 11 is 0. The van der Waals surface area contributed by atoms with Gasteiger partial charge in [0.2, 0.25) is 5.91 Å². The van der Waals surface area contributed by atoms with Crippen molar-refractivity contribution in [3.8, 4) is 12.3 Å². The highest BCUT2D eigenvalue weighted by Crippen LogP contribution is 1.99. The molecule has 0 spiro atoms. The van der Waals surface area contributed by atoms with Crippen LogP contribution in [0.2, 0.25) is 0 Å². The molecule has 0 aliphatic rings. The summed E-state index contributed by atoms with van der Waals surface area (Å²) in [5.74, 6) is 2.30. The molecule has 16 heavy (non-hydrogen) atoms. The topological polar surface area (TPSA) is 50.4 Å². The van der Waals surface area contributed by atoms with Gasteiger partial charge in [-0.2, -0.15) is 0 Å². The van der Waals surface area contributed by atoms with Crippen LogP contribution < -0.4 is 10.6 Å². The lowest BCUT2D eigenvalue weighted by Crippen LogP contribution is -2.48. The maximum Gasteiger partial charge on any atom is 0.237 e. The van der Waals surface area contributed by atoms with Crippen LogP contribution in [0.25, 0.3) is 0 Å². The van der Waals surface area contributed by atoms with E-state index in [-0.39, 0.29) is 24.5 Å². The van der Waals surface area contributed by atoms with Crippen LogP contribution >= 0.6 is 0 Å². The van der Waals surface area contributed by atoms with Crippen LogP contribution in [0, 0.1) is 12.3 Å². The third kappa shape index (κ3) is 6.44. The summed E-state index contributed by atoms with van der Waals surface area (Å²) in [5.41, 5.74) is 0. The lowest BCUT2D eigenvalue weighted by atomic mass is 10.1. The number of amides is 1. The third-order valence-electron chi connectivity index (χ3n) is 2.25. The van der Waals surface area contributed by atoms with E-state index in [2.05, 4.69) is 23.5 Å². The standard InChI is InChI=1S/C12H22N2O2/c1-5-7-11(9-16-4)14-10(3)12(15)13-8-6-2/h2,10-11,14H,5,7-9H2,1,3-4H3,(H,13,15). The van der Waals surface area contributed by atoms with Crippen molar-refractivity contribution in [1.82, 2.24) is 10.6 Å². The molecule has 2 atom stereocenters. The second kappa shape index (κ2) is 9.20. The molecule has 92 valence electrons. The number of carbonyl (C=O) groups excluding carboxylic acids is 1. The molecule has 0 aliphatic carbocycles. The summed E-state index contributed by atoms with van der Waals surface area (Å²) < 4.78 is 5.09. The molecule has 0 aliphatic heterocycles. The minimum atomic E-state index is -0.250. The molecule has 0 aromatic carbocycles. The molecule has 0 aromatic heterocycles. The molecule has 0 fully saturated rings. The molecule has 0 bridgehead atoms. The fourth-order valence-electron chi connectivity index (χ4n) is 1.48. The van der Waals surface area contributed by atoms with E-state index in [9.17, 15) is 4.79 Å². The van der Waals surface area contributed by atoms with Gasteiger partial charge < -0.3 is 15.4 Å². The van der Waals surface area contributed by atoms with E-state index in [1.165, 1.54) is 0 Å². The average Bonchev–Trinajstić information content (AvgIpc) is 2.26. The Bertz CT molecular complexity index is 230. The summed E-state index contributed by atoms with van der Waals surface area (Å²) in [6.45, 7) is 4.81. The summed E-state index contributed by atoms with van der Waals surface area (Å²) in [4.78, 5) is 11.5. The maximum atomic E-state index is 11.5. The predicted molar refractivity (Wildman–Crippen MR) is 65.0 cm³/mol. The number of rotatable bonds is 8. The first kappa shape index (κ1) is 14.9. The molecule has 2 unspecified atom stereocenters. The first-order valence-electron chi connectivity index (χ1n) is 5.61. The summed E-state index contributed by atoms with van der Waals surface area (Å²) in [7, 11) is 1.66. The van der Waals surface area contributed by atoms with Gasteiger partial charge in [-0.05, 0) is 13.3 Å². The molecule has 0 heterocycles. The van der Waals surface area contributed by atoms with Crippen LogP contribution in [0.15, 0.2) is 0 Å². The van der Waals surface area contributed by atoms with Crippen LogP contribution in [0.3, 0.4) is 0 Å². The third-order valence-corrected chi connectivity index (χ3v) is 2.25. The summed E-state index contributed by atoms with van der Waals surface area (Å²) in [5, 5.41) is 5.87. The molecule has 0 saturated heterocycles. The number of carbonyl (C=O) groups is 1. The Kier molecular flexibility index (Phi) is 8.59. The van der Waals surface area contributed by atoms with Gasteiger partial charge in [0.1, 0.15) is 0 Å². The minimum Gasteiger partial charge on any atom is -0.383 e. The summed E-state index contributed by atoms with van der Waals surface area (Å²) in [6, 6.07) is -0.0402. The first-order valence-corrected chi connectivity index (χ1v) is 5.61. The molecule has 0 radical (unpaired) electrons. The van der Waals surface area contributed by atoms with Crippen LogP contribution in [-0.4, -0.2) is 38.3 Å². The van der Waals surface area contributed by atoms with Crippen molar-refractivity contribution in [3.05, 3.63) is 0 Å². The van der Waals surface area contributed by atoms with Crippen molar-refractivity contribution < 1.29 is 9.53 Å². The fraction of sp³-hybridized carbons (Fsp3) is 0.750. The number of terminal acetylenes is 1. The largest absolute Gasteiger partial charge is 0.383 e. The molecule has 2 N–H and O–H groups in total. The Hall–Kier alpha value is -1.05. The van der Waals surface area contributed by atoms with Crippen LogP contribution in [0.1, 0.15) is 26.7 Å². The fourth-order valence-corrected chi connectivity index (χ4v) is 1.48. The molecule has 4 nitrogen and oxygen atoms in total. The Morgan fingerprint density at radius 3 is 2.75 bits per heavy atom. The number of ether oxygens (including phenoxy) is 1. The van der Waals surface area contributed by atoms with Crippen molar-refractivity contribution in [2.45, 2.75) is 38.8 Å². The smallest absolute Gasteiger partial charge is 0.237 e. The van der Waals surface area contributed by atoms with E-state index < -0.39 is 0 Å². The van der Waals surface area contributed by atoms with Gasteiger partial charge >= 0.3 is 0 Å². The zero-order valence-electron chi connectivity index (χ0n) is 10.4. The molecule has 0 saturated carbocycles. The van der Waals surface area contributed by atoms with E-state index in [0.29, 0.717) is 6.61 Å². The normalized spacial score (nSPS) is 13.9. The van der Waals surface area contributed by atoms with Crippen molar-refractivity contribution in [3.63, 3.8) is 0 Å². The molecule has 4 heteroatoms. The van der Waals surface area contributed by atoms with E-state index in [4.69, 9.17) is 11.2 Å². The Morgan fingerprint density at radius 2 is 2.25 bits per heavy atom. The van der Waals surface area contributed by atoms with E-state index in [0.717, 1.165) is 12.8 Å². The first-order chi connectivity index (χ1) is 7.65. The van der Waals surface area contributed by atoms with Crippen molar-refractivity contribution >= 4 is 5.91 Å². The van der Waals surface area contributed by atoms with Gasteiger partial charge in [0.25, 0.3) is 0 Å². The van der Waals surface area contributed by atoms with Gasteiger partial charge in [-0.25, -0.2) is 0 Å². The number of hydrogen-bond donors (Lipinski definition) is 2. The van der Waals surface area contributed by atoms with Crippen LogP contribution in [-0.2, 0) is 9.53 Å². The summed E-state index contributed by atoms with van der Waals surface area (Å²) in [6.07, 6.45) is 7.11.